The number of unbranched alkanes of at least 4 members (excludes halogenated alkanes) is 1. The van der Waals surface area contributed by atoms with Crippen LogP contribution in [0.15, 0.2) is 24.3 Å². The second-order valence-corrected chi connectivity index (χ2v) is 3.59. The number of phenolic OH excluding ortho intramolecular Hbond substituents is 1. The summed E-state index contributed by atoms with van der Waals surface area (Å²) in [4.78, 5) is 11.3. The molecule has 4 heteroatoms. The number of hydrogen-bond donors (Lipinski definition) is 3. The number of benzene rings is 1. The van der Waals surface area contributed by atoms with Gasteiger partial charge in [-0.05, 0) is 12.5 Å². The van der Waals surface area contributed by atoms with Gasteiger partial charge in [0.15, 0.2) is 0 Å². The van der Waals surface area contributed by atoms with Crippen molar-refractivity contribution in [2.75, 3.05) is 6.54 Å². The fourth-order valence-electron chi connectivity index (χ4n) is 1.28. The van der Waals surface area contributed by atoms with Gasteiger partial charge in [0.05, 0.1) is 0 Å². The summed E-state index contributed by atoms with van der Waals surface area (Å²) >= 11 is 0. The maximum atomic E-state index is 11.3. The fourth-order valence-corrected chi connectivity index (χ4v) is 1.28. The van der Waals surface area contributed by atoms with E-state index in [1.807, 2.05) is 6.07 Å². The molecule has 0 unspecified atom stereocenters. The van der Waals surface area contributed by atoms with Crippen molar-refractivity contribution in [3.8, 4) is 5.75 Å². The Morgan fingerprint density at radius 2 is 2.06 bits per heavy atom. The maximum absolute atomic E-state index is 11.3. The van der Waals surface area contributed by atoms with E-state index in [9.17, 15) is 9.90 Å². The Labute approximate surface area is 95.7 Å². The number of urea groups is 1. The van der Waals surface area contributed by atoms with Crippen LogP contribution in [0.5, 0.6) is 5.75 Å². The van der Waals surface area contributed by atoms with Gasteiger partial charge >= 0.3 is 6.03 Å². The fraction of sp³-hybridized carbons (Fsp3) is 0.417. The molecule has 1 aromatic rings. The first kappa shape index (κ1) is 12.4. The largest absolute Gasteiger partial charge is 0.508 e. The van der Waals surface area contributed by atoms with Gasteiger partial charge in [0.1, 0.15) is 5.75 Å². The second-order valence-electron chi connectivity index (χ2n) is 3.59. The molecule has 3 N–H and O–H groups in total. The Hall–Kier alpha value is -1.71. The van der Waals surface area contributed by atoms with E-state index in [-0.39, 0.29) is 11.8 Å². The third kappa shape index (κ3) is 4.21. The summed E-state index contributed by atoms with van der Waals surface area (Å²) in [5.74, 6) is 0.205. The molecule has 0 aliphatic heterocycles. The molecular formula is C12H18N2O2. The molecule has 88 valence electrons. The third-order valence-corrected chi connectivity index (χ3v) is 2.25. The Kier molecular flexibility index (Phi) is 5.19. The van der Waals surface area contributed by atoms with Crippen LogP contribution in [0.1, 0.15) is 25.3 Å². The van der Waals surface area contributed by atoms with Gasteiger partial charge in [0, 0.05) is 18.7 Å². The lowest BCUT2D eigenvalue weighted by Crippen LogP contribution is -2.35. The van der Waals surface area contributed by atoms with Crippen molar-refractivity contribution in [3.05, 3.63) is 29.8 Å². The van der Waals surface area contributed by atoms with Crippen LogP contribution in [0.4, 0.5) is 4.79 Å². The number of carbonyl (C=O) groups excluding carboxylic acids is 1. The summed E-state index contributed by atoms with van der Waals surface area (Å²) in [5.41, 5.74) is 0.716. The van der Waals surface area contributed by atoms with Crippen molar-refractivity contribution in [2.45, 2.75) is 26.3 Å². The maximum Gasteiger partial charge on any atom is 0.315 e. The van der Waals surface area contributed by atoms with Crippen molar-refractivity contribution in [3.63, 3.8) is 0 Å². The predicted molar refractivity (Wildman–Crippen MR) is 63.3 cm³/mol. The molecule has 4 nitrogen and oxygen atoms in total. The first-order valence-corrected chi connectivity index (χ1v) is 5.52. The molecule has 0 atom stereocenters. The number of amides is 2. The molecule has 1 aromatic carbocycles. The van der Waals surface area contributed by atoms with Crippen LogP contribution in [-0.4, -0.2) is 17.7 Å². The number of rotatable bonds is 5. The number of nitrogens with one attached hydrogen (secondary N) is 2. The number of carbonyl (C=O) groups is 1. The quantitative estimate of drug-likeness (QED) is 0.667. The van der Waals surface area contributed by atoms with Crippen LogP contribution in [0, 0.1) is 0 Å². The van der Waals surface area contributed by atoms with E-state index in [4.69, 9.17) is 0 Å². The van der Waals surface area contributed by atoms with Gasteiger partial charge in [-0.15, -0.1) is 0 Å². The minimum atomic E-state index is -0.197. The monoisotopic (exact) mass is 222 g/mol. The van der Waals surface area contributed by atoms with E-state index in [1.54, 1.807) is 18.2 Å². The summed E-state index contributed by atoms with van der Waals surface area (Å²) in [7, 11) is 0. The highest BCUT2D eigenvalue weighted by Gasteiger charge is 2.02. The van der Waals surface area contributed by atoms with Gasteiger partial charge < -0.3 is 15.7 Å². The first-order chi connectivity index (χ1) is 7.74. The molecule has 2 amide bonds. The smallest absolute Gasteiger partial charge is 0.315 e. The van der Waals surface area contributed by atoms with E-state index in [2.05, 4.69) is 17.6 Å². The summed E-state index contributed by atoms with van der Waals surface area (Å²) in [5, 5.41) is 14.9. The SMILES string of the molecule is CCCCNC(=O)NCc1ccccc1O. The zero-order valence-corrected chi connectivity index (χ0v) is 9.49. The van der Waals surface area contributed by atoms with Gasteiger partial charge in [-0.3, -0.25) is 0 Å². The molecular weight excluding hydrogens is 204 g/mol. The van der Waals surface area contributed by atoms with Crippen molar-refractivity contribution in [2.24, 2.45) is 0 Å². The lowest BCUT2D eigenvalue weighted by molar-refractivity contribution is 0.240. The Morgan fingerprint density at radius 1 is 1.31 bits per heavy atom. The van der Waals surface area contributed by atoms with Crippen LogP contribution in [0.3, 0.4) is 0 Å². The number of aromatic hydroxyl groups is 1. The summed E-state index contributed by atoms with van der Waals surface area (Å²) in [6, 6.07) is 6.76. The zero-order valence-electron chi connectivity index (χ0n) is 9.49. The molecule has 0 aliphatic rings. The topological polar surface area (TPSA) is 61.4 Å². The summed E-state index contributed by atoms with van der Waals surface area (Å²) < 4.78 is 0. The minimum absolute atomic E-state index is 0.197. The third-order valence-electron chi connectivity index (χ3n) is 2.25. The number of phenols is 1. The standard InChI is InChI=1S/C12H18N2O2/c1-2-3-8-13-12(16)14-9-10-6-4-5-7-11(10)15/h4-7,15H,2-3,8-9H2,1H3,(H2,13,14,16). The molecule has 1 rings (SSSR count). The van der Waals surface area contributed by atoms with Gasteiger partial charge in [0.2, 0.25) is 0 Å². The molecule has 16 heavy (non-hydrogen) atoms. The Balaban J connectivity index is 2.29. The highest BCUT2D eigenvalue weighted by molar-refractivity contribution is 5.73. The van der Waals surface area contributed by atoms with Gasteiger partial charge in [0.25, 0.3) is 0 Å². The van der Waals surface area contributed by atoms with Crippen LogP contribution >= 0.6 is 0 Å². The lowest BCUT2D eigenvalue weighted by Gasteiger charge is -2.08. The minimum Gasteiger partial charge on any atom is -0.508 e. The average Bonchev–Trinajstić information content (AvgIpc) is 2.28. The predicted octanol–water partition coefficient (Wildman–Crippen LogP) is 1.99. The first-order valence-electron chi connectivity index (χ1n) is 5.52. The summed E-state index contributed by atoms with van der Waals surface area (Å²) in [6.45, 7) is 3.09. The summed E-state index contributed by atoms with van der Waals surface area (Å²) in [6.07, 6.45) is 2.03. The van der Waals surface area contributed by atoms with E-state index >= 15 is 0 Å². The molecule has 0 saturated carbocycles. The van der Waals surface area contributed by atoms with Gasteiger partial charge in [-0.1, -0.05) is 31.5 Å². The molecule has 0 saturated heterocycles. The molecule has 0 radical (unpaired) electrons. The van der Waals surface area contributed by atoms with Crippen LogP contribution in [0.2, 0.25) is 0 Å². The van der Waals surface area contributed by atoms with Crippen LogP contribution < -0.4 is 10.6 Å². The van der Waals surface area contributed by atoms with Crippen molar-refractivity contribution < 1.29 is 9.90 Å². The number of hydrogen-bond acceptors (Lipinski definition) is 2. The van der Waals surface area contributed by atoms with Crippen molar-refractivity contribution in [1.82, 2.24) is 10.6 Å². The molecule has 0 spiro atoms. The van der Waals surface area contributed by atoms with E-state index in [0.29, 0.717) is 18.7 Å². The van der Waals surface area contributed by atoms with Gasteiger partial charge in [-0.2, -0.15) is 0 Å². The van der Waals surface area contributed by atoms with E-state index < -0.39 is 0 Å². The lowest BCUT2D eigenvalue weighted by atomic mass is 10.2. The van der Waals surface area contributed by atoms with E-state index in [1.165, 1.54) is 0 Å². The van der Waals surface area contributed by atoms with Gasteiger partial charge in [-0.25, -0.2) is 4.79 Å². The normalized spacial score (nSPS) is 9.81. The second kappa shape index (κ2) is 6.71. The Morgan fingerprint density at radius 3 is 2.75 bits per heavy atom. The molecule has 0 aromatic heterocycles. The highest BCUT2D eigenvalue weighted by Crippen LogP contribution is 2.14. The van der Waals surface area contributed by atoms with Crippen LogP contribution in [-0.2, 0) is 6.54 Å². The molecule has 0 bridgehead atoms. The molecule has 0 aliphatic carbocycles. The molecule has 0 heterocycles. The zero-order chi connectivity index (χ0) is 11.8. The highest BCUT2D eigenvalue weighted by atomic mass is 16.3. The molecule has 0 fully saturated rings. The van der Waals surface area contributed by atoms with E-state index in [0.717, 1.165) is 12.8 Å². The number of para-hydroxylation sites is 1. The Bertz CT molecular complexity index is 340. The van der Waals surface area contributed by atoms with Crippen molar-refractivity contribution >= 4 is 6.03 Å². The average molecular weight is 222 g/mol. The van der Waals surface area contributed by atoms with Crippen molar-refractivity contribution in [1.29, 1.82) is 0 Å². The van der Waals surface area contributed by atoms with Crippen LogP contribution in [0.25, 0.3) is 0 Å².